The zero-order valence-corrected chi connectivity index (χ0v) is 16.4. The maximum Gasteiger partial charge on any atom is 0.260 e. The number of amides is 1. The SMILES string of the molecule is O=C(COc1cc(Cl)cc(Cl)c1)N1CCN(Cc2ccc(Cl)cc2)CC1. The van der Waals surface area contributed by atoms with Gasteiger partial charge < -0.3 is 9.64 Å². The quantitative estimate of drug-likeness (QED) is 0.730. The Morgan fingerprint density at radius 1 is 0.885 bits per heavy atom. The van der Waals surface area contributed by atoms with Crippen LogP contribution in [0, 0.1) is 0 Å². The van der Waals surface area contributed by atoms with E-state index in [0.29, 0.717) is 28.9 Å². The second kappa shape index (κ2) is 8.96. The average Bonchev–Trinajstić information content (AvgIpc) is 2.61. The van der Waals surface area contributed by atoms with Gasteiger partial charge in [-0.3, -0.25) is 9.69 Å². The Kier molecular flexibility index (Phi) is 6.65. The van der Waals surface area contributed by atoms with Gasteiger partial charge in [-0.25, -0.2) is 0 Å². The second-order valence-corrected chi connectivity index (χ2v) is 7.49. The number of hydrogen-bond donors (Lipinski definition) is 0. The van der Waals surface area contributed by atoms with Crippen LogP contribution in [0.1, 0.15) is 5.56 Å². The van der Waals surface area contributed by atoms with Crippen molar-refractivity contribution in [3.8, 4) is 5.75 Å². The van der Waals surface area contributed by atoms with Crippen molar-refractivity contribution in [3.05, 3.63) is 63.1 Å². The van der Waals surface area contributed by atoms with Gasteiger partial charge in [0.05, 0.1) is 0 Å². The van der Waals surface area contributed by atoms with E-state index in [9.17, 15) is 4.79 Å². The Labute approximate surface area is 168 Å². The summed E-state index contributed by atoms with van der Waals surface area (Å²) in [7, 11) is 0. The largest absolute Gasteiger partial charge is 0.484 e. The van der Waals surface area contributed by atoms with Gasteiger partial charge in [0, 0.05) is 47.8 Å². The molecule has 7 heteroatoms. The molecule has 2 aromatic rings. The van der Waals surface area contributed by atoms with Crippen LogP contribution in [0.4, 0.5) is 0 Å². The van der Waals surface area contributed by atoms with Gasteiger partial charge in [-0.2, -0.15) is 0 Å². The number of piperazine rings is 1. The molecule has 1 heterocycles. The van der Waals surface area contributed by atoms with E-state index in [1.54, 1.807) is 18.2 Å². The van der Waals surface area contributed by atoms with Crippen LogP contribution < -0.4 is 4.74 Å². The first-order valence-electron chi connectivity index (χ1n) is 8.33. The summed E-state index contributed by atoms with van der Waals surface area (Å²) in [6, 6.07) is 12.8. The fourth-order valence-corrected chi connectivity index (χ4v) is 3.48. The average molecular weight is 414 g/mol. The van der Waals surface area contributed by atoms with Crippen LogP contribution in [-0.4, -0.2) is 48.5 Å². The second-order valence-electron chi connectivity index (χ2n) is 6.18. The van der Waals surface area contributed by atoms with Gasteiger partial charge in [0.25, 0.3) is 5.91 Å². The lowest BCUT2D eigenvalue weighted by atomic mass is 10.2. The number of benzene rings is 2. The van der Waals surface area contributed by atoms with Crippen LogP contribution in [0.2, 0.25) is 15.1 Å². The van der Waals surface area contributed by atoms with Crippen molar-refractivity contribution in [2.75, 3.05) is 32.8 Å². The molecule has 0 bridgehead atoms. The topological polar surface area (TPSA) is 32.8 Å². The first-order valence-corrected chi connectivity index (χ1v) is 9.46. The summed E-state index contributed by atoms with van der Waals surface area (Å²) in [5.74, 6) is 0.462. The lowest BCUT2D eigenvalue weighted by Gasteiger charge is -2.34. The summed E-state index contributed by atoms with van der Waals surface area (Å²) < 4.78 is 5.53. The molecule has 0 atom stereocenters. The number of rotatable bonds is 5. The Hall–Kier alpha value is -1.46. The van der Waals surface area contributed by atoms with E-state index in [0.717, 1.165) is 24.7 Å². The van der Waals surface area contributed by atoms with Crippen molar-refractivity contribution in [2.24, 2.45) is 0 Å². The molecular weight excluding hydrogens is 395 g/mol. The smallest absolute Gasteiger partial charge is 0.260 e. The van der Waals surface area contributed by atoms with E-state index in [2.05, 4.69) is 4.90 Å². The molecule has 0 aliphatic carbocycles. The highest BCUT2D eigenvalue weighted by molar-refractivity contribution is 6.34. The van der Waals surface area contributed by atoms with E-state index in [1.165, 1.54) is 5.56 Å². The number of nitrogens with zero attached hydrogens (tertiary/aromatic N) is 2. The van der Waals surface area contributed by atoms with Crippen LogP contribution in [0.5, 0.6) is 5.75 Å². The van der Waals surface area contributed by atoms with Crippen LogP contribution in [0.25, 0.3) is 0 Å². The minimum atomic E-state index is -0.0350. The molecule has 138 valence electrons. The summed E-state index contributed by atoms with van der Waals surface area (Å²) in [5.41, 5.74) is 1.22. The number of carbonyl (C=O) groups is 1. The third kappa shape index (κ3) is 5.52. The zero-order valence-electron chi connectivity index (χ0n) is 14.1. The fraction of sp³-hybridized carbons (Fsp3) is 0.316. The molecule has 1 saturated heterocycles. The van der Waals surface area contributed by atoms with Gasteiger partial charge in [0.15, 0.2) is 6.61 Å². The monoisotopic (exact) mass is 412 g/mol. The third-order valence-electron chi connectivity index (χ3n) is 4.24. The van der Waals surface area contributed by atoms with Gasteiger partial charge >= 0.3 is 0 Å². The summed E-state index contributed by atoms with van der Waals surface area (Å²) >= 11 is 17.8. The van der Waals surface area contributed by atoms with Crippen molar-refractivity contribution in [3.63, 3.8) is 0 Å². The number of halogens is 3. The maximum atomic E-state index is 12.3. The predicted octanol–water partition coefficient (Wildman–Crippen LogP) is 4.37. The molecule has 0 radical (unpaired) electrons. The first kappa shape index (κ1) is 19.3. The van der Waals surface area contributed by atoms with Crippen molar-refractivity contribution >= 4 is 40.7 Å². The Morgan fingerprint density at radius 3 is 2.12 bits per heavy atom. The van der Waals surface area contributed by atoms with Gasteiger partial charge in [-0.15, -0.1) is 0 Å². The summed E-state index contributed by atoms with van der Waals surface area (Å²) in [6.45, 7) is 3.87. The number of ether oxygens (including phenoxy) is 1. The van der Waals surface area contributed by atoms with E-state index in [1.807, 2.05) is 29.2 Å². The van der Waals surface area contributed by atoms with E-state index >= 15 is 0 Å². The molecule has 4 nitrogen and oxygen atoms in total. The summed E-state index contributed by atoms with van der Waals surface area (Å²) in [5, 5.41) is 1.71. The minimum Gasteiger partial charge on any atom is -0.484 e. The molecule has 1 amide bonds. The van der Waals surface area contributed by atoms with Crippen molar-refractivity contribution < 1.29 is 9.53 Å². The molecule has 0 unspecified atom stereocenters. The lowest BCUT2D eigenvalue weighted by molar-refractivity contribution is -0.135. The van der Waals surface area contributed by atoms with Crippen LogP contribution in [0.15, 0.2) is 42.5 Å². The predicted molar refractivity (Wildman–Crippen MR) is 105 cm³/mol. The minimum absolute atomic E-state index is 0.0200. The van der Waals surface area contributed by atoms with Crippen LogP contribution in [-0.2, 0) is 11.3 Å². The molecule has 1 fully saturated rings. The maximum absolute atomic E-state index is 12.3. The third-order valence-corrected chi connectivity index (χ3v) is 4.93. The van der Waals surface area contributed by atoms with Crippen molar-refractivity contribution in [2.45, 2.75) is 6.54 Å². The van der Waals surface area contributed by atoms with E-state index in [4.69, 9.17) is 39.5 Å². The van der Waals surface area contributed by atoms with Crippen molar-refractivity contribution in [1.82, 2.24) is 9.80 Å². The molecule has 1 aliphatic heterocycles. The van der Waals surface area contributed by atoms with Crippen LogP contribution >= 0.6 is 34.8 Å². The van der Waals surface area contributed by atoms with Gasteiger partial charge in [0.1, 0.15) is 5.75 Å². The number of carbonyl (C=O) groups excluding carboxylic acids is 1. The van der Waals surface area contributed by atoms with E-state index in [-0.39, 0.29) is 12.5 Å². The molecule has 0 spiro atoms. The molecule has 0 N–H and O–H groups in total. The standard InChI is InChI=1S/C19H19Cl3N2O2/c20-15-3-1-14(2-4-15)12-23-5-7-24(8-6-23)19(25)13-26-18-10-16(21)9-17(22)11-18/h1-4,9-11H,5-8,12-13H2. The molecule has 0 saturated carbocycles. The molecule has 2 aromatic carbocycles. The molecule has 26 heavy (non-hydrogen) atoms. The molecule has 3 rings (SSSR count). The van der Waals surface area contributed by atoms with Gasteiger partial charge in [-0.1, -0.05) is 46.9 Å². The highest BCUT2D eigenvalue weighted by atomic mass is 35.5. The number of hydrogen-bond acceptors (Lipinski definition) is 3. The Morgan fingerprint density at radius 2 is 1.50 bits per heavy atom. The highest BCUT2D eigenvalue weighted by Crippen LogP contribution is 2.24. The molecular formula is C19H19Cl3N2O2. The zero-order chi connectivity index (χ0) is 18.5. The molecule has 1 aliphatic rings. The Bertz CT molecular complexity index is 740. The lowest BCUT2D eigenvalue weighted by Crippen LogP contribution is -2.49. The van der Waals surface area contributed by atoms with Crippen LogP contribution in [0.3, 0.4) is 0 Å². The van der Waals surface area contributed by atoms with E-state index < -0.39 is 0 Å². The molecule has 0 aromatic heterocycles. The fourth-order valence-electron chi connectivity index (χ4n) is 2.85. The van der Waals surface area contributed by atoms with Gasteiger partial charge in [0.2, 0.25) is 0 Å². The van der Waals surface area contributed by atoms with Gasteiger partial charge in [-0.05, 0) is 35.9 Å². The summed E-state index contributed by atoms with van der Waals surface area (Å²) in [4.78, 5) is 16.5. The highest BCUT2D eigenvalue weighted by Gasteiger charge is 2.21. The normalized spacial score (nSPS) is 15.1. The Balaban J connectivity index is 1.45. The first-order chi connectivity index (χ1) is 12.5. The summed E-state index contributed by atoms with van der Waals surface area (Å²) in [6.07, 6.45) is 0. The van der Waals surface area contributed by atoms with Crippen molar-refractivity contribution in [1.29, 1.82) is 0 Å².